The second kappa shape index (κ2) is 6.46. The molecule has 0 bridgehead atoms. The summed E-state index contributed by atoms with van der Waals surface area (Å²) in [6.45, 7) is 9.07. The zero-order chi connectivity index (χ0) is 14.8. The van der Waals surface area contributed by atoms with E-state index in [1.54, 1.807) is 0 Å². The number of aliphatic hydroxyl groups is 1. The predicted octanol–water partition coefficient (Wildman–Crippen LogP) is 3.47. The van der Waals surface area contributed by atoms with Gasteiger partial charge >= 0.3 is 0 Å². The number of hydrogen-bond acceptors (Lipinski definition) is 3. The summed E-state index contributed by atoms with van der Waals surface area (Å²) in [5.41, 5.74) is 2.11. The van der Waals surface area contributed by atoms with Crippen LogP contribution in [0.25, 0.3) is 0 Å². The Bertz CT molecular complexity index is 452. The van der Waals surface area contributed by atoms with Gasteiger partial charge in [-0.2, -0.15) is 0 Å². The van der Waals surface area contributed by atoms with Crippen molar-refractivity contribution < 1.29 is 5.11 Å². The Morgan fingerprint density at radius 1 is 1.40 bits per heavy atom. The SMILES string of the molecule is CCNC(C)c1cc(Br)ccc1N1CCC(C)(O)CC1. The Balaban J connectivity index is 2.23. The first-order chi connectivity index (χ1) is 9.43. The monoisotopic (exact) mass is 340 g/mol. The van der Waals surface area contributed by atoms with Crippen molar-refractivity contribution in [1.29, 1.82) is 0 Å². The first kappa shape index (κ1) is 15.8. The van der Waals surface area contributed by atoms with E-state index in [4.69, 9.17) is 0 Å². The van der Waals surface area contributed by atoms with Crippen LogP contribution < -0.4 is 10.2 Å². The number of rotatable bonds is 4. The number of nitrogens with one attached hydrogen (secondary N) is 1. The summed E-state index contributed by atoms with van der Waals surface area (Å²) in [7, 11) is 0. The summed E-state index contributed by atoms with van der Waals surface area (Å²) >= 11 is 3.57. The van der Waals surface area contributed by atoms with Crippen LogP contribution in [-0.4, -0.2) is 30.3 Å². The lowest BCUT2D eigenvalue weighted by molar-refractivity contribution is 0.0351. The number of benzene rings is 1. The Kier molecular flexibility index (Phi) is 5.10. The summed E-state index contributed by atoms with van der Waals surface area (Å²) < 4.78 is 1.12. The summed E-state index contributed by atoms with van der Waals surface area (Å²) in [6, 6.07) is 6.82. The highest BCUT2D eigenvalue weighted by Crippen LogP contribution is 2.33. The first-order valence-corrected chi connectivity index (χ1v) is 8.22. The van der Waals surface area contributed by atoms with Gasteiger partial charge in [0.2, 0.25) is 0 Å². The van der Waals surface area contributed by atoms with Crippen LogP contribution in [0.3, 0.4) is 0 Å². The van der Waals surface area contributed by atoms with Crippen molar-refractivity contribution in [3.63, 3.8) is 0 Å². The predicted molar refractivity (Wildman–Crippen MR) is 88.3 cm³/mol. The molecule has 1 aromatic rings. The third kappa shape index (κ3) is 3.74. The highest BCUT2D eigenvalue weighted by atomic mass is 79.9. The van der Waals surface area contributed by atoms with Crippen molar-refractivity contribution in [2.24, 2.45) is 0 Å². The van der Waals surface area contributed by atoms with Crippen molar-refractivity contribution in [2.75, 3.05) is 24.5 Å². The van der Waals surface area contributed by atoms with E-state index in [9.17, 15) is 5.11 Å². The van der Waals surface area contributed by atoms with Crippen LogP contribution in [0.15, 0.2) is 22.7 Å². The van der Waals surface area contributed by atoms with Crippen molar-refractivity contribution in [1.82, 2.24) is 5.32 Å². The zero-order valence-electron chi connectivity index (χ0n) is 12.6. The average Bonchev–Trinajstić information content (AvgIpc) is 2.39. The van der Waals surface area contributed by atoms with Crippen LogP contribution in [0.2, 0.25) is 0 Å². The van der Waals surface area contributed by atoms with Gasteiger partial charge in [0.15, 0.2) is 0 Å². The van der Waals surface area contributed by atoms with Crippen LogP contribution in [0.5, 0.6) is 0 Å². The average molecular weight is 341 g/mol. The fourth-order valence-electron chi connectivity index (χ4n) is 2.81. The van der Waals surface area contributed by atoms with Crippen LogP contribution in [0, 0.1) is 0 Å². The van der Waals surface area contributed by atoms with E-state index in [1.165, 1.54) is 11.3 Å². The number of anilines is 1. The Morgan fingerprint density at radius 3 is 2.65 bits per heavy atom. The van der Waals surface area contributed by atoms with Gasteiger partial charge in [0.1, 0.15) is 0 Å². The van der Waals surface area contributed by atoms with Gasteiger partial charge in [0.05, 0.1) is 5.60 Å². The van der Waals surface area contributed by atoms with Crippen LogP contribution >= 0.6 is 15.9 Å². The molecule has 0 amide bonds. The van der Waals surface area contributed by atoms with Gasteiger partial charge in [0.25, 0.3) is 0 Å². The standard InChI is InChI=1S/C16H25BrN2O/c1-4-18-12(2)14-11-13(17)5-6-15(14)19-9-7-16(3,20)8-10-19/h5-6,11-12,18,20H,4,7-10H2,1-3H3. The van der Waals surface area contributed by atoms with E-state index in [1.807, 2.05) is 6.92 Å². The molecule has 1 aliphatic rings. The Hall–Kier alpha value is -0.580. The summed E-state index contributed by atoms with van der Waals surface area (Å²) in [5.74, 6) is 0. The van der Waals surface area contributed by atoms with Crippen LogP contribution in [0.4, 0.5) is 5.69 Å². The molecule has 4 heteroatoms. The molecule has 1 aliphatic heterocycles. The molecular weight excluding hydrogens is 316 g/mol. The minimum Gasteiger partial charge on any atom is -0.390 e. The van der Waals surface area contributed by atoms with Gasteiger partial charge in [-0.25, -0.2) is 0 Å². The Morgan fingerprint density at radius 2 is 2.05 bits per heavy atom. The lowest BCUT2D eigenvalue weighted by atomic mass is 9.92. The molecule has 1 saturated heterocycles. The molecule has 2 rings (SSSR count). The normalized spacial score (nSPS) is 19.9. The molecule has 1 fully saturated rings. The van der Waals surface area contributed by atoms with E-state index in [-0.39, 0.29) is 0 Å². The first-order valence-electron chi connectivity index (χ1n) is 7.43. The summed E-state index contributed by atoms with van der Waals surface area (Å²) in [5, 5.41) is 13.6. The molecule has 0 radical (unpaired) electrons. The Labute approximate surface area is 130 Å². The second-order valence-electron chi connectivity index (χ2n) is 5.97. The second-order valence-corrected chi connectivity index (χ2v) is 6.88. The quantitative estimate of drug-likeness (QED) is 0.880. The molecule has 1 unspecified atom stereocenters. The van der Waals surface area contributed by atoms with Gasteiger partial charge < -0.3 is 15.3 Å². The molecule has 0 saturated carbocycles. The number of piperidine rings is 1. The minimum absolute atomic E-state index is 0.329. The smallest absolute Gasteiger partial charge is 0.0653 e. The molecule has 2 N–H and O–H groups in total. The van der Waals surface area contributed by atoms with E-state index in [0.29, 0.717) is 6.04 Å². The zero-order valence-corrected chi connectivity index (χ0v) is 14.2. The summed E-state index contributed by atoms with van der Waals surface area (Å²) in [6.07, 6.45) is 1.66. The molecule has 112 valence electrons. The van der Waals surface area contributed by atoms with E-state index < -0.39 is 5.60 Å². The van der Waals surface area contributed by atoms with E-state index in [0.717, 1.165) is 36.9 Å². The highest BCUT2D eigenvalue weighted by Gasteiger charge is 2.28. The van der Waals surface area contributed by atoms with Crippen LogP contribution in [0.1, 0.15) is 45.2 Å². The third-order valence-corrected chi connectivity index (χ3v) is 4.64. The molecule has 3 nitrogen and oxygen atoms in total. The molecular formula is C16H25BrN2O. The maximum Gasteiger partial charge on any atom is 0.0653 e. The lowest BCUT2D eigenvalue weighted by Gasteiger charge is -2.38. The maximum absolute atomic E-state index is 10.1. The molecule has 1 atom stereocenters. The maximum atomic E-state index is 10.1. The fourth-order valence-corrected chi connectivity index (χ4v) is 3.18. The molecule has 0 aliphatic carbocycles. The fraction of sp³-hybridized carbons (Fsp3) is 0.625. The van der Waals surface area contributed by atoms with Gasteiger partial charge in [-0.1, -0.05) is 22.9 Å². The lowest BCUT2D eigenvalue weighted by Crippen LogP contribution is -2.43. The molecule has 1 aromatic carbocycles. The van der Waals surface area contributed by atoms with E-state index >= 15 is 0 Å². The largest absolute Gasteiger partial charge is 0.390 e. The molecule has 1 heterocycles. The molecule has 0 spiro atoms. The number of nitrogens with zero attached hydrogens (tertiary/aromatic N) is 1. The van der Waals surface area contributed by atoms with Gasteiger partial charge in [-0.15, -0.1) is 0 Å². The molecule has 0 aromatic heterocycles. The minimum atomic E-state index is -0.501. The van der Waals surface area contributed by atoms with Crippen molar-refractivity contribution in [3.05, 3.63) is 28.2 Å². The third-order valence-electron chi connectivity index (χ3n) is 4.15. The van der Waals surface area contributed by atoms with Crippen molar-refractivity contribution >= 4 is 21.6 Å². The topological polar surface area (TPSA) is 35.5 Å². The van der Waals surface area contributed by atoms with E-state index in [2.05, 4.69) is 58.2 Å². The summed E-state index contributed by atoms with van der Waals surface area (Å²) in [4.78, 5) is 2.40. The van der Waals surface area contributed by atoms with Gasteiger partial charge in [0, 0.05) is 29.3 Å². The van der Waals surface area contributed by atoms with Crippen LogP contribution in [-0.2, 0) is 0 Å². The molecule has 20 heavy (non-hydrogen) atoms. The van der Waals surface area contributed by atoms with Crippen molar-refractivity contribution in [2.45, 2.75) is 45.3 Å². The van der Waals surface area contributed by atoms with Crippen molar-refractivity contribution in [3.8, 4) is 0 Å². The highest BCUT2D eigenvalue weighted by molar-refractivity contribution is 9.10. The number of halogens is 1. The number of hydrogen-bond donors (Lipinski definition) is 2. The van der Waals surface area contributed by atoms with Gasteiger partial charge in [-0.05, 0) is 57.0 Å². The van der Waals surface area contributed by atoms with Gasteiger partial charge in [-0.3, -0.25) is 0 Å².